The summed E-state index contributed by atoms with van der Waals surface area (Å²) in [7, 11) is 0. The highest BCUT2D eigenvalue weighted by Gasteiger charge is 2.10. The molecule has 0 aromatic heterocycles. The fourth-order valence-corrected chi connectivity index (χ4v) is 2.32. The molecule has 0 saturated heterocycles. The van der Waals surface area contributed by atoms with E-state index in [1.807, 2.05) is 31.2 Å². The van der Waals surface area contributed by atoms with Crippen molar-refractivity contribution in [3.05, 3.63) is 59.7 Å². The van der Waals surface area contributed by atoms with Crippen LogP contribution in [-0.4, -0.2) is 17.8 Å². The van der Waals surface area contributed by atoms with Crippen LogP contribution >= 0.6 is 0 Å². The van der Waals surface area contributed by atoms with Gasteiger partial charge in [-0.1, -0.05) is 31.2 Å². The number of amides is 2. The zero-order valence-electron chi connectivity index (χ0n) is 13.9. The number of aryl methyl sites for hydroxylation is 1. The molecular weight excluding hydrogens is 320 g/mol. The number of hydrogen-bond donors (Lipinski definition) is 2. The Kier molecular flexibility index (Phi) is 6.28. The monoisotopic (exact) mass is 339 g/mol. The van der Waals surface area contributed by atoms with Crippen LogP contribution in [0.1, 0.15) is 35.7 Å². The number of hydrogen-bond acceptors (Lipinski definition) is 4. The topological polar surface area (TPSA) is 98.3 Å². The van der Waals surface area contributed by atoms with Gasteiger partial charge >= 0.3 is 0 Å². The Labute approximate surface area is 145 Å². The molecular formula is C19H19N2O4-. The Morgan fingerprint density at radius 3 is 2.44 bits per heavy atom. The van der Waals surface area contributed by atoms with E-state index in [0.29, 0.717) is 11.3 Å². The van der Waals surface area contributed by atoms with Gasteiger partial charge < -0.3 is 20.5 Å². The maximum Gasteiger partial charge on any atom is 0.255 e. The molecule has 0 radical (unpaired) electrons. The summed E-state index contributed by atoms with van der Waals surface area (Å²) in [6.45, 7) is 2.01. The number of carboxylic acid groups (broad SMARTS) is 1. The predicted octanol–water partition coefficient (Wildman–Crippen LogP) is 1.97. The van der Waals surface area contributed by atoms with Gasteiger partial charge in [0.15, 0.2) is 0 Å². The molecule has 2 amide bonds. The molecule has 130 valence electrons. The molecule has 2 N–H and O–H groups in total. The van der Waals surface area contributed by atoms with Crippen LogP contribution in [0.15, 0.2) is 48.5 Å². The third kappa shape index (κ3) is 5.46. The van der Waals surface area contributed by atoms with Crippen molar-refractivity contribution in [1.82, 2.24) is 0 Å². The number of rotatable bonds is 7. The average molecular weight is 339 g/mol. The summed E-state index contributed by atoms with van der Waals surface area (Å²) in [6.07, 6.45) is 0.271. The van der Waals surface area contributed by atoms with E-state index in [9.17, 15) is 19.5 Å². The normalized spacial score (nSPS) is 10.1. The summed E-state index contributed by atoms with van der Waals surface area (Å²) < 4.78 is 0. The predicted molar refractivity (Wildman–Crippen MR) is 93.1 cm³/mol. The Hall–Kier alpha value is -3.15. The van der Waals surface area contributed by atoms with Gasteiger partial charge in [-0.25, -0.2) is 0 Å². The first-order valence-electron chi connectivity index (χ1n) is 7.98. The van der Waals surface area contributed by atoms with Crippen LogP contribution in [-0.2, 0) is 16.0 Å². The summed E-state index contributed by atoms with van der Waals surface area (Å²) in [5, 5.41) is 15.8. The molecule has 2 aromatic carbocycles. The zero-order chi connectivity index (χ0) is 18.2. The Morgan fingerprint density at radius 1 is 0.960 bits per heavy atom. The third-order valence-corrected chi connectivity index (χ3v) is 3.61. The van der Waals surface area contributed by atoms with Crippen molar-refractivity contribution in [3.63, 3.8) is 0 Å². The van der Waals surface area contributed by atoms with Crippen molar-refractivity contribution < 1.29 is 19.5 Å². The van der Waals surface area contributed by atoms with E-state index in [1.165, 1.54) is 0 Å². The molecule has 6 heteroatoms. The van der Waals surface area contributed by atoms with Crippen molar-refractivity contribution in [2.45, 2.75) is 26.2 Å². The van der Waals surface area contributed by atoms with E-state index in [4.69, 9.17) is 0 Å². The lowest BCUT2D eigenvalue weighted by molar-refractivity contribution is -0.305. The van der Waals surface area contributed by atoms with Gasteiger partial charge in [0.1, 0.15) is 0 Å². The summed E-state index contributed by atoms with van der Waals surface area (Å²) in [4.78, 5) is 34.5. The minimum absolute atomic E-state index is 0.178. The lowest BCUT2D eigenvalue weighted by Crippen LogP contribution is -2.24. The maximum atomic E-state index is 12.4. The van der Waals surface area contributed by atoms with Crippen molar-refractivity contribution >= 4 is 29.2 Å². The quantitative estimate of drug-likeness (QED) is 0.806. The maximum absolute atomic E-state index is 12.4. The minimum atomic E-state index is -1.28. The third-order valence-electron chi connectivity index (χ3n) is 3.61. The highest BCUT2D eigenvalue weighted by molar-refractivity contribution is 6.05. The number of carboxylic acids is 1. The van der Waals surface area contributed by atoms with Crippen LogP contribution in [0.3, 0.4) is 0 Å². The van der Waals surface area contributed by atoms with Gasteiger partial charge in [-0.05, 0) is 42.7 Å². The molecule has 0 atom stereocenters. The fourth-order valence-electron chi connectivity index (χ4n) is 2.32. The summed E-state index contributed by atoms with van der Waals surface area (Å²) in [5.74, 6) is -2.01. The van der Waals surface area contributed by atoms with Crippen LogP contribution < -0.4 is 15.7 Å². The number of benzene rings is 2. The molecule has 2 aromatic rings. The lowest BCUT2D eigenvalue weighted by Gasteiger charge is -2.11. The first kappa shape index (κ1) is 18.2. The SMILES string of the molecule is CCc1ccccc1NC(=O)c1cccc(NC(=O)CCC(=O)[O-])c1. The smallest absolute Gasteiger partial charge is 0.255 e. The average Bonchev–Trinajstić information content (AvgIpc) is 2.60. The molecule has 0 spiro atoms. The standard InChI is InChI=1S/C19H20N2O4/c1-2-13-6-3-4-9-16(13)21-19(25)14-7-5-8-15(12-14)20-17(22)10-11-18(23)24/h3-9,12H,2,10-11H2,1H3,(H,20,22)(H,21,25)(H,23,24)/p-1. The van der Waals surface area contributed by atoms with Gasteiger partial charge in [0.25, 0.3) is 5.91 Å². The Balaban J connectivity index is 2.06. The molecule has 2 rings (SSSR count). The van der Waals surface area contributed by atoms with Gasteiger partial charge in [0, 0.05) is 29.3 Å². The van der Waals surface area contributed by atoms with Crippen LogP contribution in [0.5, 0.6) is 0 Å². The fraction of sp³-hybridized carbons (Fsp3) is 0.211. The van der Waals surface area contributed by atoms with E-state index < -0.39 is 11.9 Å². The summed E-state index contributed by atoms with van der Waals surface area (Å²) >= 11 is 0. The molecule has 0 aliphatic rings. The molecule has 6 nitrogen and oxygen atoms in total. The van der Waals surface area contributed by atoms with E-state index in [-0.39, 0.29) is 18.7 Å². The molecule has 0 heterocycles. The van der Waals surface area contributed by atoms with E-state index in [1.54, 1.807) is 24.3 Å². The Morgan fingerprint density at radius 2 is 1.72 bits per heavy atom. The van der Waals surface area contributed by atoms with E-state index >= 15 is 0 Å². The van der Waals surface area contributed by atoms with Gasteiger partial charge in [0.2, 0.25) is 5.91 Å². The van der Waals surface area contributed by atoms with Gasteiger partial charge in [0.05, 0.1) is 0 Å². The number of para-hydroxylation sites is 1. The van der Waals surface area contributed by atoms with Crippen molar-refractivity contribution in [2.75, 3.05) is 10.6 Å². The molecule has 0 aliphatic carbocycles. The van der Waals surface area contributed by atoms with Gasteiger partial charge in [-0.15, -0.1) is 0 Å². The van der Waals surface area contributed by atoms with Crippen LogP contribution in [0.2, 0.25) is 0 Å². The van der Waals surface area contributed by atoms with Crippen molar-refractivity contribution in [1.29, 1.82) is 0 Å². The van der Waals surface area contributed by atoms with Gasteiger partial charge in [-0.2, -0.15) is 0 Å². The minimum Gasteiger partial charge on any atom is -0.550 e. The summed E-state index contributed by atoms with van der Waals surface area (Å²) in [6, 6.07) is 14.0. The number of aliphatic carboxylic acids is 1. The van der Waals surface area contributed by atoms with Gasteiger partial charge in [-0.3, -0.25) is 9.59 Å². The second-order valence-electron chi connectivity index (χ2n) is 5.47. The number of anilines is 2. The van der Waals surface area contributed by atoms with Crippen LogP contribution in [0.25, 0.3) is 0 Å². The number of carbonyl (C=O) groups is 3. The molecule has 0 aliphatic heterocycles. The summed E-state index contributed by atoms with van der Waals surface area (Å²) in [5.41, 5.74) is 2.60. The van der Waals surface area contributed by atoms with E-state index in [0.717, 1.165) is 17.7 Å². The van der Waals surface area contributed by atoms with Crippen molar-refractivity contribution in [3.8, 4) is 0 Å². The van der Waals surface area contributed by atoms with E-state index in [2.05, 4.69) is 10.6 Å². The first-order chi connectivity index (χ1) is 12.0. The molecule has 0 unspecified atom stereocenters. The molecule has 0 fully saturated rings. The highest BCUT2D eigenvalue weighted by Crippen LogP contribution is 2.18. The van der Waals surface area contributed by atoms with Crippen LogP contribution in [0.4, 0.5) is 11.4 Å². The molecule has 0 bridgehead atoms. The highest BCUT2D eigenvalue weighted by atomic mass is 16.4. The Bertz CT molecular complexity index is 786. The van der Waals surface area contributed by atoms with Crippen molar-refractivity contribution in [2.24, 2.45) is 0 Å². The number of nitrogens with one attached hydrogen (secondary N) is 2. The first-order valence-corrected chi connectivity index (χ1v) is 7.98. The second kappa shape index (κ2) is 8.63. The largest absolute Gasteiger partial charge is 0.550 e. The van der Waals surface area contributed by atoms with Crippen LogP contribution in [0, 0.1) is 0 Å². The zero-order valence-corrected chi connectivity index (χ0v) is 13.9. The lowest BCUT2D eigenvalue weighted by atomic mass is 10.1. The number of carbonyl (C=O) groups excluding carboxylic acids is 3. The molecule has 0 saturated carbocycles. The second-order valence-corrected chi connectivity index (χ2v) is 5.47. The molecule has 25 heavy (non-hydrogen) atoms.